The molecule has 0 saturated carbocycles. The molecule has 0 unspecified atom stereocenters. The van der Waals surface area contributed by atoms with Gasteiger partial charge in [-0.2, -0.15) is 4.99 Å². The van der Waals surface area contributed by atoms with Crippen LogP contribution in [-0.4, -0.2) is 59.0 Å². The number of carbonyl (C=O) groups excluding carboxylic acids is 4. The average molecular weight is 571 g/mol. The lowest BCUT2D eigenvalue weighted by Crippen LogP contribution is -2.23. The fourth-order valence-electron chi connectivity index (χ4n) is 3.35. The van der Waals surface area contributed by atoms with Gasteiger partial charge in [-0.25, -0.2) is 9.78 Å². The molecule has 1 N–H and O–H groups in total. The van der Waals surface area contributed by atoms with Gasteiger partial charge in [0, 0.05) is 10.9 Å². The van der Waals surface area contributed by atoms with Crippen LogP contribution >= 0.6 is 34.4 Å². The maximum Gasteiger partial charge on any atom is 0.337 e. The normalized spacial score (nSPS) is 11.4. The number of carbonyl (C=O) groups is 4. The zero-order valence-corrected chi connectivity index (χ0v) is 22.8. The number of methoxy groups -OCH3 is 2. The highest BCUT2D eigenvalue weighted by atomic mass is 32.2. The van der Waals surface area contributed by atoms with Crippen LogP contribution in [0.2, 0.25) is 0 Å². The van der Waals surface area contributed by atoms with Gasteiger partial charge in [0.1, 0.15) is 6.54 Å². The number of aromatic nitrogens is 2. The lowest BCUT2D eigenvalue weighted by atomic mass is 10.2. The van der Waals surface area contributed by atoms with E-state index in [9.17, 15) is 19.2 Å². The molecule has 0 spiro atoms. The van der Waals surface area contributed by atoms with E-state index in [-0.39, 0.29) is 28.8 Å². The standard InChI is InChI=1S/C25H22N4O6S3/c1-34-22(32)11-29-18-9-8-16(23(33)35-2)10-19(18)38-25(29)28-21(31)14-36-13-20(30)27-24-26-17(12-37-24)15-6-4-3-5-7-15/h3-10,12H,11,13-14H2,1-2H3,(H,26,27,30). The summed E-state index contributed by atoms with van der Waals surface area (Å²) in [7, 11) is 2.55. The minimum atomic E-state index is -0.515. The van der Waals surface area contributed by atoms with Gasteiger partial charge in [-0.1, -0.05) is 41.7 Å². The number of hydrogen-bond acceptors (Lipinski definition) is 10. The molecule has 0 aliphatic carbocycles. The quantitative estimate of drug-likeness (QED) is 0.302. The summed E-state index contributed by atoms with van der Waals surface area (Å²) in [6.07, 6.45) is 0. The number of rotatable bonds is 9. The van der Waals surface area contributed by atoms with E-state index in [2.05, 4.69) is 15.3 Å². The largest absolute Gasteiger partial charge is 0.468 e. The van der Waals surface area contributed by atoms with Crippen LogP contribution in [0.3, 0.4) is 0 Å². The SMILES string of the molecule is COC(=O)Cn1c(=NC(=O)CSCC(=O)Nc2nc(-c3ccccc3)cs2)sc2cc(C(=O)OC)ccc21. The molecule has 2 aromatic heterocycles. The van der Waals surface area contributed by atoms with Crippen LogP contribution in [0.25, 0.3) is 21.5 Å². The van der Waals surface area contributed by atoms with Gasteiger partial charge in [-0.15, -0.1) is 23.1 Å². The van der Waals surface area contributed by atoms with Gasteiger partial charge in [0.2, 0.25) is 5.91 Å². The van der Waals surface area contributed by atoms with Crippen molar-refractivity contribution in [2.24, 2.45) is 4.99 Å². The number of thiazole rings is 2. The fourth-order valence-corrected chi connectivity index (χ4v) is 5.77. The zero-order chi connectivity index (χ0) is 27.1. The van der Waals surface area contributed by atoms with Crippen LogP contribution in [0.5, 0.6) is 0 Å². The molecule has 4 aromatic rings. The summed E-state index contributed by atoms with van der Waals surface area (Å²) in [6.45, 7) is -0.158. The zero-order valence-electron chi connectivity index (χ0n) is 20.3. The number of nitrogens with zero attached hydrogens (tertiary/aromatic N) is 3. The molecule has 0 aliphatic rings. The lowest BCUT2D eigenvalue weighted by molar-refractivity contribution is -0.141. The Kier molecular flexibility index (Phi) is 9.05. The first-order valence-electron chi connectivity index (χ1n) is 11.1. The number of esters is 2. The van der Waals surface area contributed by atoms with Crippen molar-refractivity contribution in [2.75, 3.05) is 31.0 Å². The molecule has 0 saturated heterocycles. The molecule has 0 fully saturated rings. The summed E-state index contributed by atoms with van der Waals surface area (Å²) in [4.78, 5) is 57.6. The Hall–Kier alpha value is -3.81. The van der Waals surface area contributed by atoms with E-state index >= 15 is 0 Å². The Balaban J connectivity index is 1.41. The molecule has 4 rings (SSSR count). The molecular formula is C25H22N4O6S3. The Bertz CT molecular complexity index is 1560. The van der Waals surface area contributed by atoms with Crippen molar-refractivity contribution in [1.29, 1.82) is 0 Å². The number of anilines is 1. The third-order valence-electron chi connectivity index (χ3n) is 5.12. The molecule has 0 radical (unpaired) electrons. The van der Waals surface area contributed by atoms with Crippen LogP contribution in [0.15, 0.2) is 58.9 Å². The summed E-state index contributed by atoms with van der Waals surface area (Å²) in [6, 6.07) is 14.5. The van der Waals surface area contributed by atoms with Crippen molar-refractivity contribution in [2.45, 2.75) is 6.54 Å². The number of thioether (sulfide) groups is 1. The number of hydrogen-bond donors (Lipinski definition) is 1. The molecule has 10 nitrogen and oxygen atoms in total. The molecule has 0 aliphatic heterocycles. The van der Waals surface area contributed by atoms with E-state index in [0.717, 1.165) is 34.4 Å². The topological polar surface area (TPSA) is 129 Å². The highest BCUT2D eigenvalue weighted by Crippen LogP contribution is 2.25. The van der Waals surface area contributed by atoms with Gasteiger partial charge in [-0.3, -0.25) is 14.4 Å². The average Bonchev–Trinajstić information content (AvgIpc) is 3.52. The van der Waals surface area contributed by atoms with Crippen molar-refractivity contribution in [3.63, 3.8) is 0 Å². The Morgan fingerprint density at radius 2 is 1.84 bits per heavy atom. The minimum Gasteiger partial charge on any atom is -0.468 e. The Morgan fingerprint density at radius 3 is 2.58 bits per heavy atom. The monoisotopic (exact) mass is 570 g/mol. The summed E-state index contributed by atoms with van der Waals surface area (Å²) in [5.41, 5.74) is 2.68. The maximum atomic E-state index is 12.6. The van der Waals surface area contributed by atoms with Crippen LogP contribution < -0.4 is 10.1 Å². The Morgan fingerprint density at radius 1 is 1.05 bits per heavy atom. The van der Waals surface area contributed by atoms with Gasteiger partial charge in [0.05, 0.1) is 47.2 Å². The number of ether oxygens (including phenoxy) is 2. The molecular weight excluding hydrogens is 548 g/mol. The van der Waals surface area contributed by atoms with Gasteiger partial charge in [0.25, 0.3) is 5.91 Å². The van der Waals surface area contributed by atoms with Crippen molar-refractivity contribution in [1.82, 2.24) is 9.55 Å². The van der Waals surface area contributed by atoms with E-state index in [1.54, 1.807) is 22.8 Å². The Labute approximate surface area is 229 Å². The van der Waals surface area contributed by atoms with Crippen molar-refractivity contribution < 1.29 is 28.7 Å². The van der Waals surface area contributed by atoms with Crippen molar-refractivity contribution in [3.05, 3.63) is 64.3 Å². The smallest absolute Gasteiger partial charge is 0.337 e. The number of nitrogens with one attached hydrogen (secondary N) is 1. The van der Waals surface area contributed by atoms with E-state index in [1.165, 1.54) is 25.6 Å². The van der Waals surface area contributed by atoms with E-state index < -0.39 is 17.8 Å². The molecule has 0 bridgehead atoms. The highest BCUT2D eigenvalue weighted by Gasteiger charge is 2.15. The third kappa shape index (κ3) is 6.73. The second-order valence-electron chi connectivity index (χ2n) is 7.67. The van der Waals surface area contributed by atoms with Crippen molar-refractivity contribution in [3.8, 4) is 11.3 Å². The van der Waals surface area contributed by atoms with E-state index in [0.29, 0.717) is 20.9 Å². The lowest BCUT2D eigenvalue weighted by Gasteiger charge is -2.04. The maximum absolute atomic E-state index is 12.6. The highest BCUT2D eigenvalue weighted by molar-refractivity contribution is 8.00. The number of benzene rings is 2. The second kappa shape index (κ2) is 12.6. The van der Waals surface area contributed by atoms with E-state index in [1.807, 2.05) is 35.7 Å². The summed E-state index contributed by atoms with van der Waals surface area (Å²) in [5, 5.41) is 5.09. The molecule has 0 atom stereocenters. The van der Waals surface area contributed by atoms with Crippen LogP contribution in [0, 0.1) is 0 Å². The summed E-state index contributed by atoms with van der Waals surface area (Å²) >= 11 is 3.59. The summed E-state index contributed by atoms with van der Waals surface area (Å²) in [5.74, 6) is -1.77. The third-order valence-corrected chi connectivity index (χ3v) is 7.83. The number of fused-ring (bicyclic) bond motifs is 1. The first-order chi connectivity index (χ1) is 18.4. The number of amides is 2. The van der Waals surface area contributed by atoms with Crippen LogP contribution in [0.4, 0.5) is 5.13 Å². The minimum absolute atomic E-state index is 0.0403. The van der Waals surface area contributed by atoms with Gasteiger partial charge in [-0.05, 0) is 18.2 Å². The van der Waals surface area contributed by atoms with Gasteiger partial charge < -0.3 is 19.4 Å². The van der Waals surface area contributed by atoms with Gasteiger partial charge >= 0.3 is 11.9 Å². The van der Waals surface area contributed by atoms with E-state index in [4.69, 9.17) is 9.47 Å². The molecule has 2 amide bonds. The molecule has 13 heteroatoms. The first-order valence-corrected chi connectivity index (χ1v) is 14.0. The molecule has 38 heavy (non-hydrogen) atoms. The molecule has 2 aromatic carbocycles. The fraction of sp³-hybridized carbons (Fsp3) is 0.200. The predicted octanol–water partition coefficient (Wildman–Crippen LogP) is 3.59. The molecule has 196 valence electrons. The predicted molar refractivity (Wildman–Crippen MR) is 147 cm³/mol. The molecule has 2 heterocycles. The van der Waals surface area contributed by atoms with Gasteiger partial charge in [0.15, 0.2) is 9.93 Å². The van der Waals surface area contributed by atoms with Crippen LogP contribution in [0.1, 0.15) is 10.4 Å². The summed E-state index contributed by atoms with van der Waals surface area (Å²) < 4.78 is 11.7. The second-order valence-corrected chi connectivity index (χ2v) is 10.5. The van der Waals surface area contributed by atoms with Crippen molar-refractivity contribution >= 4 is 73.5 Å². The van der Waals surface area contributed by atoms with Crippen LogP contribution in [-0.2, 0) is 30.4 Å². The first kappa shape index (κ1) is 27.2.